The number of rotatable bonds is 5. The molecule has 0 atom stereocenters. The summed E-state index contributed by atoms with van der Waals surface area (Å²) in [5.41, 5.74) is 1.01. The molecule has 0 fully saturated rings. The Kier molecular flexibility index (Phi) is 4.36. The summed E-state index contributed by atoms with van der Waals surface area (Å²) in [6, 6.07) is 9.52. The molecule has 0 unspecified atom stereocenters. The van der Waals surface area contributed by atoms with Crippen LogP contribution in [-0.2, 0) is 6.54 Å². The highest BCUT2D eigenvalue weighted by Gasteiger charge is 2.24. The van der Waals surface area contributed by atoms with E-state index in [1.165, 1.54) is 17.6 Å². The Hall–Kier alpha value is -3.57. The van der Waals surface area contributed by atoms with Crippen molar-refractivity contribution in [3.63, 3.8) is 0 Å². The van der Waals surface area contributed by atoms with Gasteiger partial charge < -0.3 is 14.2 Å². The Morgan fingerprint density at radius 1 is 1.37 bits per heavy atom. The van der Waals surface area contributed by atoms with Gasteiger partial charge in [-0.15, -0.1) is 11.3 Å². The van der Waals surface area contributed by atoms with E-state index in [0.29, 0.717) is 23.2 Å². The topological polar surface area (TPSA) is 97.0 Å². The minimum Gasteiger partial charge on any atom is -0.443 e. The van der Waals surface area contributed by atoms with Gasteiger partial charge in [0.05, 0.1) is 17.1 Å². The molecule has 0 bridgehead atoms. The van der Waals surface area contributed by atoms with E-state index in [0.717, 1.165) is 4.88 Å². The van der Waals surface area contributed by atoms with Crippen molar-refractivity contribution >= 4 is 17.2 Å². The lowest BCUT2D eigenvalue weighted by atomic mass is 10.1. The van der Waals surface area contributed by atoms with Crippen LogP contribution >= 0.6 is 11.3 Å². The first-order valence-corrected chi connectivity index (χ1v) is 8.98. The van der Waals surface area contributed by atoms with Crippen molar-refractivity contribution in [2.24, 2.45) is 0 Å². The van der Waals surface area contributed by atoms with E-state index in [2.05, 4.69) is 16.4 Å². The van der Waals surface area contributed by atoms with E-state index < -0.39 is 5.91 Å². The standard InChI is InChI=1S/C19H14N4O3S/c1-12-16(14(9-20)19(26-12)23-6-2-3-7-23)17(24)21-10-13-11-25-18(22-13)15-5-4-8-27-15/h2-8,11H,10H2,1H3,(H,21,24). The van der Waals surface area contributed by atoms with Crippen LogP contribution in [0, 0.1) is 18.3 Å². The molecule has 1 N–H and O–H groups in total. The van der Waals surface area contributed by atoms with Gasteiger partial charge in [0.2, 0.25) is 11.8 Å². The van der Waals surface area contributed by atoms with E-state index in [1.807, 2.05) is 29.6 Å². The van der Waals surface area contributed by atoms with E-state index >= 15 is 0 Å². The van der Waals surface area contributed by atoms with Gasteiger partial charge in [-0.2, -0.15) is 5.26 Å². The number of furan rings is 1. The molecule has 7 nitrogen and oxygen atoms in total. The molecule has 0 radical (unpaired) electrons. The highest BCUT2D eigenvalue weighted by molar-refractivity contribution is 7.13. The quantitative estimate of drug-likeness (QED) is 0.568. The second-order valence-electron chi connectivity index (χ2n) is 5.72. The molecule has 134 valence electrons. The Morgan fingerprint density at radius 3 is 2.89 bits per heavy atom. The van der Waals surface area contributed by atoms with Crippen LogP contribution in [0.5, 0.6) is 0 Å². The van der Waals surface area contributed by atoms with Crippen LogP contribution in [0.1, 0.15) is 27.4 Å². The number of amides is 1. The van der Waals surface area contributed by atoms with Crippen LogP contribution < -0.4 is 5.32 Å². The molecule has 4 heterocycles. The Morgan fingerprint density at radius 2 is 2.19 bits per heavy atom. The molecular weight excluding hydrogens is 364 g/mol. The van der Waals surface area contributed by atoms with Crippen molar-refractivity contribution in [3.05, 3.63) is 70.9 Å². The second kappa shape index (κ2) is 6.97. The molecule has 27 heavy (non-hydrogen) atoms. The Balaban J connectivity index is 1.53. The van der Waals surface area contributed by atoms with Crippen LogP contribution in [0.3, 0.4) is 0 Å². The fourth-order valence-corrected chi connectivity index (χ4v) is 3.38. The number of thiophene rings is 1. The monoisotopic (exact) mass is 378 g/mol. The lowest BCUT2D eigenvalue weighted by molar-refractivity contribution is 0.0948. The molecule has 0 aromatic carbocycles. The van der Waals surface area contributed by atoms with Gasteiger partial charge >= 0.3 is 0 Å². The third-order valence-corrected chi connectivity index (χ3v) is 4.82. The first kappa shape index (κ1) is 16.9. The van der Waals surface area contributed by atoms with Crippen LogP contribution in [0.4, 0.5) is 0 Å². The van der Waals surface area contributed by atoms with Crippen LogP contribution in [-0.4, -0.2) is 15.5 Å². The Labute approximate surface area is 158 Å². The van der Waals surface area contributed by atoms with Gasteiger partial charge in [0.15, 0.2) is 0 Å². The summed E-state index contributed by atoms with van der Waals surface area (Å²) >= 11 is 1.52. The third-order valence-electron chi connectivity index (χ3n) is 3.96. The second-order valence-corrected chi connectivity index (χ2v) is 6.67. The molecule has 8 heteroatoms. The third kappa shape index (κ3) is 3.16. The zero-order valence-electron chi connectivity index (χ0n) is 14.3. The maximum Gasteiger partial charge on any atom is 0.256 e. The normalized spacial score (nSPS) is 10.7. The predicted molar refractivity (Wildman–Crippen MR) is 98.5 cm³/mol. The fraction of sp³-hybridized carbons (Fsp3) is 0.105. The molecular formula is C19H14N4O3S. The minimum atomic E-state index is -0.396. The number of nitriles is 1. The summed E-state index contributed by atoms with van der Waals surface area (Å²) in [4.78, 5) is 17.9. The molecule has 1 amide bonds. The largest absolute Gasteiger partial charge is 0.443 e. The van der Waals surface area contributed by atoms with Gasteiger partial charge in [-0.25, -0.2) is 4.98 Å². The number of carbonyl (C=O) groups is 1. The zero-order valence-corrected chi connectivity index (χ0v) is 15.1. The zero-order chi connectivity index (χ0) is 18.8. The number of hydrogen-bond donors (Lipinski definition) is 1. The SMILES string of the molecule is Cc1oc(-n2cccc2)c(C#N)c1C(=O)NCc1coc(-c2cccs2)n1. The summed E-state index contributed by atoms with van der Waals surface area (Å²) < 4.78 is 12.8. The van der Waals surface area contributed by atoms with E-state index in [9.17, 15) is 10.1 Å². The van der Waals surface area contributed by atoms with Crippen LogP contribution in [0.25, 0.3) is 16.7 Å². The van der Waals surface area contributed by atoms with Crippen molar-refractivity contribution in [1.29, 1.82) is 5.26 Å². The fourth-order valence-electron chi connectivity index (χ4n) is 2.72. The number of nitrogens with one attached hydrogen (secondary N) is 1. The first-order chi connectivity index (χ1) is 13.2. The molecule has 0 saturated heterocycles. The molecule has 0 saturated carbocycles. The van der Waals surface area contributed by atoms with Gasteiger partial charge in [-0.3, -0.25) is 9.36 Å². The molecule has 4 aromatic heterocycles. The minimum absolute atomic E-state index is 0.183. The highest BCUT2D eigenvalue weighted by Crippen LogP contribution is 2.26. The summed E-state index contributed by atoms with van der Waals surface area (Å²) in [7, 11) is 0. The van der Waals surface area contributed by atoms with Crippen molar-refractivity contribution in [2.45, 2.75) is 13.5 Å². The molecule has 0 aliphatic rings. The lowest BCUT2D eigenvalue weighted by Gasteiger charge is -2.02. The van der Waals surface area contributed by atoms with Crippen LogP contribution in [0.2, 0.25) is 0 Å². The highest BCUT2D eigenvalue weighted by atomic mass is 32.1. The van der Waals surface area contributed by atoms with Gasteiger partial charge in [-0.05, 0) is 30.5 Å². The first-order valence-electron chi connectivity index (χ1n) is 8.10. The van der Waals surface area contributed by atoms with Gasteiger partial charge in [0.25, 0.3) is 5.91 Å². The van der Waals surface area contributed by atoms with Crippen molar-refractivity contribution in [1.82, 2.24) is 14.9 Å². The number of aryl methyl sites for hydroxylation is 1. The average molecular weight is 378 g/mol. The summed E-state index contributed by atoms with van der Waals surface area (Å²) in [5, 5.41) is 14.2. The van der Waals surface area contributed by atoms with E-state index in [1.54, 1.807) is 23.9 Å². The summed E-state index contributed by atoms with van der Waals surface area (Å²) in [5.74, 6) is 0.826. The van der Waals surface area contributed by atoms with Gasteiger partial charge in [0, 0.05) is 12.4 Å². The Bertz CT molecular complexity index is 1110. The number of nitrogens with zero attached hydrogens (tertiary/aromatic N) is 3. The molecule has 4 aromatic rings. The number of aromatic nitrogens is 2. The summed E-state index contributed by atoms with van der Waals surface area (Å²) in [6.07, 6.45) is 5.01. The number of carbonyl (C=O) groups excluding carboxylic acids is 1. The maximum absolute atomic E-state index is 12.6. The van der Waals surface area contributed by atoms with Crippen LogP contribution in [0.15, 0.2) is 57.1 Å². The average Bonchev–Trinajstić information content (AvgIpc) is 3.45. The van der Waals surface area contributed by atoms with Crippen molar-refractivity contribution < 1.29 is 13.6 Å². The van der Waals surface area contributed by atoms with Crippen molar-refractivity contribution in [3.8, 4) is 22.7 Å². The predicted octanol–water partition coefficient (Wildman–Crippen LogP) is 3.90. The molecule has 0 spiro atoms. The number of oxazole rings is 1. The maximum atomic E-state index is 12.6. The van der Waals surface area contributed by atoms with Gasteiger partial charge in [0.1, 0.15) is 29.2 Å². The molecule has 4 rings (SSSR count). The smallest absolute Gasteiger partial charge is 0.256 e. The number of hydrogen-bond acceptors (Lipinski definition) is 6. The lowest BCUT2D eigenvalue weighted by Crippen LogP contribution is -2.24. The van der Waals surface area contributed by atoms with E-state index in [-0.39, 0.29) is 17.7 Å². The summed E-state index contributed by atoms with van der Waals surface area (Å²) in [6.45, 7) is 1.84. The molecule has 0 aliphatic carbocycles. The van der Waals surface area contributed by atoms with Gasteiger partial charge in [-0.1, -0.05) is 6.07 Å². The van der Waals surface area contributed by atoms with E-state index in [4.69, 9.17) is 8.83 Å². The van der Waals surface area contributed by atoms with Crippen molar-refractivity contribution in [2.75, 3.05) is 0 Å². The molecule has 0 aliphatic heterocycles.